The van der Waals surface area contributed by atoms with Crippen molar-refractivity contribution >= 4 is 27.8 Å². The minimum Gasteiger partial charge on any atom is -0.310 e. The van der Waals surface area contributed by atoms with E-state index in [4.69, 9.17) is 0 Å². The van der Waals surface area contributed by atoms with Crippen LogP contribution in [0.5, 0.6) is 0 Å². The van der Waals surface area contributed by atoms with E-state index in [9.17, 15) is 0 Å². The summed E-state index contributed by atoms with van der Waals surface area (Å²) in [7, 11) is 0. The molecule has 0 N–H and O–H groups in total. The van der Waals surface area contributed by atoms with Crippen LogP contribution in [0.4, 0.5) is 17.1 Å². The standard InChI is InChI=1S/C66H45N/c1-6-20-46(21-7-1)47-34-37-53(38-35-47)67(55-40-42-58-57-30-16-18-32-60(57)66(63(58)45-55,51-26-12-4-13-27-51)52-28-14-5-15-29-52)54-39-41-56-48(44-54)36-43-62-64(56)59-31-17-19-33-61(59)65(62,49-22-8-2-9-23-49)50-24-10-3-11-25-50/h1-45H. The van der Waals surface area contributed by atoms with Crippen LogP contribution in [0, 0.1) is 0 Å². The first-order valence-corrected chi connectivity index (χ1v) is 23.3. The van der Waals surface area contributed by atoms with Crippen LogP contribution in [-0.4, -0.2) is 0 Å². The second kappa shape index (κ2) is 15.6. The van der Waals surface area contributed by atoms with E-state index in [1.807, 2.05) is 0 Å². The molecule has 0 bridgehead atoms. The Morgan fingerprint density at radius 3 is 1.25 bits per heavy atom. The van der Waals surface area contributed by atoms with Crippen LogP contribution in [-0.2, 0) is 10.8 Å². The zero-order valence-corrected chi connectivity index (χ0v) is 36.9. The van der Waals surface area contributed by atoms with E-state index in [0.717, 1.165) is 17.1 Å². The zero-order chi connectivity index (χ0) is 44.4. The summed E-state index contributed by atoms with van der Waals surface area (Å²) in [4.78, 5) is 2.46. The van der Waals surface area contributed by atoms with Crippen LogP contribution in [0.15, 0.2) is 273 Å². The van der Waals surface area contributed by atoms with E-state index in [1.54, 1.807) is 0 Å². The van der Waals surface area contributed by atoms with Crippen LogP contribution < -0.4 is 4.90 Å². The molecule has 1 nitrogen and oxygen atoms in total. The van der Waals surface area contributed by atoms with Crippen molar-refractivity contribution in [1.29, 1.82) is 0 Å². The molecule has 0 radical (unpaired) electrons. The third kappa shape index (κ3) is 5.81. The van der Waals surface area contributed by atoms with Crippen molar-refractivity contribution in [3.63, 3.8) is 0 Å². The summed E-state index contributed by atoms with van der Waals surface area (Å²) in [5, 5.41) is 2.45. The first kappa shape index (κ1) is 38.9. The van der Waals surface area contributed by atoms with Gasteiger partial charge in [0.05, 0.1) is 10.8 Å². The monoisotopic (exact) mass is 851 g/mol. The molecule has 67 heavy (non-hydrogen) atoms. The van der Waals surface area contributed by atoms with Gasteiger partial charge in [0.25, 0.3) is 0 Å². The van der Waals surface area contributed by atoms with Crippen LogP contribution in [0.1, 0.15) is 44.5 Å². The van der Waals surface area contributed by atoms with Crippen LogP contribution in [0.25, 0.3) is 44.2 Å². The molecule has 0 amide bonds. The summed E-state index contributed by atoms with van der Waals surface area (Å²) in [6.45, 7) is 0. The van der Waals surface area contributed by atoms with Gasteiger partial charge >= 0.3 is 0 Å². The fourth-order valence-electron chi connectivity index (χ4n) is 11.8. The van der Waals surface area contributed by atoms with Crippen molar-refractivity contribution in [3.8, 4) is 33.4 Å². The van der Waals surface area contributed by atoms with Gasteiger partial charge in [0.15, 0.2) is 0 Å². The minimum atomic E-state index is -0.519. The Morgan fingerprint density at radius 1 is 0.254 bits per heavy atom. The van der Waals surface area contributed by atoms with Gasteiger partial charge in [-0.25, -0.2) is 0 Å². The predicted molar refractivity (Wildman–Crippen MR) is 279 cm³/mol. The van der Waals surface area contributed by atoms with Crippen molar-refractivity contribution in [1.82, 2.24) is 0 Å². The molecule has 13 rings (SSSR count). The number of nitrogens with zero attached hydrogens (tertiary/aromatic N) is 1. The van der Waals surface area contributed by atoms with Crippen molar-refractivity contribution in [2.75, 3.05) is 4.90 Å². The lowest BCUT2D eigenvalue weighted by atomic mass is 9.67. The molecule has 0 atom stereocenters. The molecule has 0 fully saturated rings. The zero-order valence-electron chi connectivity index (χ0n) is 36.9. The van der Waals surface area contributed by atoms with E-state index in [-0.39, 0.29) is 0 Å². The maximum Gasteiger partial charge on any atom is 0.0714 e. The molecule has 0 saturated heterocycles. The summed E-state index contributed by atoms with van der Waals surface area (Å²) in [5.41, 5.74) is 20.1. The van der Waals surface area contributed by atoms with Gasteiger partial charge in [-0.15, -0.1) is 0 Å². The van der Waals surface area contributed by atoms with E-state index in [0.29, 0.717) is 0 Å². The lowest BCUT2D eigenvalue weighted by Gasteiger charge is -2.35. The molecule has 11 aromatic rings. The average molecular weight is 852 g/mol. The number of hydrogen-bond donors (Lipinski definition) is 0. The van der Waals surface area contributed by atoms with Gasteiger partial charge in [0.1, 0.15) is 0 Å². The Morgan fingerprint density at radius 2 is 0.672 bits per heavy atom. The summed E-state index contributed by atoms with van der Waals surface area (Å²) >= 11 is 0. The van der Waals surface area contributed by atoms with Gasteiger partial charge in [0, 0.05) is 17.1 Å². The fraction of sp³-hybridized carbons (Fsp3) is 0.0303. The van der Waals surface area contributed by atoms with E-state index in [2.05, 4.69) is 278 Å². The van der Waals surface area contributed by atoms with E-state index < -0.39 is 10.8 Å². The molecular formula is C66H45N. The number of hydrogen-bond acceptors (Lipinski definition) is 1. The van der Waals surface area contributed by atoms with Crippen LogP contribution in [0.2, 0.25) is 0 Å². The summed E-state index contributed by atoms with van der Waals surface area (Å²) in [6.07, 6.45) is 0. The molecule has 11 aromatic carbocycles. The Labute approximate surface area is 392 Å². The third-order valence-corrected chi connectivity index (χ3v) is 14.6. The SMILES string of the molecule is c1ccc(-c2ccc(N(c3ccc4c(c3)C(c3ccccc3)(c3ccccc3)c3ccccc3-4)c3ccc4c5c(ccc4c3)C(c3ccccc3)(c3ccccc3)c3ccccc3-5)cc2)cc1. The Kier molecular flexibility index (Phi) is 9.05. The summed E-state index contributed by atoms with van der Waals surface area (Å²) in [5.74, 6) is 0. The molecular weight excluding hydrogens is 807 g/mol. The van der Waals surface area contributed by atoms with Gasteiger partial charge in [0.2, 0.25) is 0 Å². The lowest BCUT2D eigenvalue weighted by molar-refractivity contribution is 0.768. The first-order chi connectivity index (χ1) is 33.2. The third-order valence-electron chi connectivity index (χ3n) is 14.6. The van der Waals surface area contributed by atoms with Crippen molar-refractivity contribution in [3.05, 3.63) is 317 Å². The molecule has 0 saturated carbocycles. The Balaban J connectivity index is 1.04. The maximum absolute atomic E-state index is 2.47. The van der Waals surface area contributed by atoms with Gasteiger partial charge in [-0.2, -0.15) is 0 Å². The van der Waals surface area contributed by atoms with Crippen LogP contribution >= 0.6 is 0 Å². The molecule has 1 heteroatoms. The molecule has 2 aliphatic rings. The molecule has 0 unspecified atom stereocenters. The highest BCUT2D eigenvalue weighted by Gasteiger charge is 2.48. The minimum absolute atomic E-state index is 0.458. The smallest absolute Gasteiger partial charge is 0.0714 e. The lowest BCUT2D eigenvalue weighted by Crippen LogP contribution is -2.28. The summed E-state index contributed by atoms with van der Waals surface area (Å²) < 4.78 is 0. The van der Waals surface area contributed by atoms with Gasteiger partial charge < -0.3 is 4.90 Å². The van der Waals surface area contributed by atoms with Crippen molar-refractivity contribution in [2.45, 2.75) is 10.8 Å². The predicted octanol–water partition coefficient (Wildman–Crippen LogP) is 16.7. The fourth-order valence-corrected chi connectivity index (χ4v) is 11.8. The van der Waals surface area contributed by atoms with Gasteiger partial charge in [-0.3, -0.25) is 0 Å². The number of fused-ring (bicyclic) bond motifs is 8. The number of anilines is 3. The maximum atomic E-state index is 2.47. The largest absolute Gasteiger partial charge is 0.310 e. The van der Waals surface area contributed by atoms with E-state index >= 15 is 0 Å². The topological polar surface area (TPSA) is 3.24 Å². The normalized spacial score (nSPS) is 13.6. The molecule has 2 aliphatic carbocycles. The summed E-state index contributed by atoms with van der Waals surface area (Å²) in [6, 6.07) is 101. The number of rotatable bonds is 8. The highest BCUT2D eigenvalue weighted by atomic mass is 15.1. The average Bonchev–Trinajstić information content (AvgIpc) is 3.89. The Bertz CT molecular complexity index is 3520. The molecule has 0 spiro atoms. The second-order valence-electron chi connectivity index (χ2n) is 17.9. The highest BCUT2D eigenvalue weighted by Crippen LogP contribution is 2.59. The van der Waals surface area contributed by atoms with Crippen molar-refractivity contribution in [2.24, 2.45) is 0 Å². The first-order valence-electron chi connectivity index (χ1n) is 23.3. The van der Waals surface area contributed by atoms with Crippen LogP contribution in [0.3, 0.4) is 0 Å². The molecule has 0 heterocycles. The Hall–Kier alpha value is -8.52. The van der Waals surface area contributed by atoms with Gasteiger partial charge in [-0.1, -0.05) is 237 Å². The molecule has 0 aliphatic heterocycles. The van der Waals surface area contributed by atoms with Crippen molar-refractivity contribution < 1.29 is 0 Å². The quantitative estimate of drug-likeness (QED) is 0.147. The van der Waals surface area contributed by atoms with E-state index in [1.165, 1.54) is 88.7 Å². The molecule has 0 aromatic heterocycles. The highest BCUT2D eigenvalue weighted by molar-refractivity contribution is 6.05. The number of benzene rings is 11. The van der Waals surface area contributed by atoms with Gasteiger partial charge in [-0.05, 0) is 125 Å². The molecule has 314 valence electrons. The second-order valence-corrected chi connectivity index (χ2v) is 17.9.